The van der Waals surface area contributed by atoms with Gasteiger partial charge in [-0.25, -0.2) is 28.4 Å². The number of aromatic nitrogens is 4. The maximum Gasteiger partial charge on any atom is 0.294 e. The van der Waals surface area contributed by atoms with E-state index in [0.717, 1.165) is 12.6 Å². The molecular weight excluding hydrogens is 432 g/mol. The standard InChI is InChI=1S/C21H14N6O4S/c1-32(29,30)15-7-5-13(6-8-15)18-19(31-12-24-18)21(28)27-17-9-10-23-20(26-17)16-4-2-3-14(11-22)25-16/h2-10,12H,1H3,(H,23,26,27,28). The van der Waals surface area contributed by atoms with Crippen molar-refractivity contribution < 1.29 is 17.6 Å². The van der Waals surface area contributed by atoms with E-state index in [2.05, 4.69) is 25.3 Å². The number of oxazole rings is 1. The van der Waals surface area contributed by atoms with Gasteiger partial charge >= 0.3 is 0 Å². The van der Waals surface area contributed by atoms with Gasteiger partial charge in [-0.15, -0.1) is 0 Å². The highest BCUT2D eigenvalue weighted by Crippen LogP contribution is 2.25. The minimum Gasteiger partial charge on any atom is -0.438 e. The molecule has 1 amide bonds. The van der Waals surface area contributed by atoms with E-state index in [0.29, 0.717) is 11.3 Å². The molecule has 0 fully saturated rings. The summed E-state index contributed by atoms with van der Waals surface area (Å²) in [4.78, 5) is 29.5. The Morgan fingerprint density at radius 1 is 1.06 bits per heavy atom. The molecule has 4 aromatic rings. The van der Waals surface area contributed by atoms with Crippen LogP contribution in [0.25, 0.3) is 22.8 Å². The molecule has 0 unspecified atom stereocenters. The van der Waals surface area contributed by atoms with Gasteiger partial charge in [-0.1, -0.05) is 18.2 Å². The molecule has 4 rings (SSSR count). The Morgan fingerprint density at radius 3 is 2.56 bits per heavy atom. The molecular formula is C21H14N6O4S. The van der Waals surface area contributed by atoms with Crippen molar-refractivity contribution in [2.24, 2.45) is 0 Å². The van der Waals surface area contributed by atoms with Crippen LogP contribution >= 0.6 is 0 Å². The fourth-order valence-electron chi connectivity index (χ4n) is 2.82. The number of carbonyl (C=O) groups excluding carboxylic acids is 1. The normalized spacial score (nSPS) is 11.0. The Balaban J connectivity index is 1.59. The number of rotatable bonds is 5. The monoisotopic (exact) mass is 446 g/mol. The van der Waals surface area contributed by atoms with Crippen LogP contribution in [0.5, 0.6) is 0 Å². The van der Waals surface area contributed by atoms with Gasteiger partial charge in [0.1, 0.15) is 29.0 Å². The fourth-order valence-corrected chi connectivity index (χ4v) is 3.45. The second-order valence-corrected chi connectivity index (χ2v) is 8.58. The summed E-state index contributed by atoms with van der Waals surface area (Å²) < 4.78 is 28.6. The van der Waals surface area contributed by atoms with E-state index in [9.17, 15) is 13.2 Å². The van der Waals surface area contributed by atoms with Crippen molar-refractivity contribution in [3.63, 3.8) is 0 Å². The zero-order chi connectivity index (χ0) is 22.7. The zero-order valence-corrected chi connectivity index (χ0v) is 17.4. The first-order valence-electron chi connectivity index (χ1n) is 9.11. The molecule has 1 N–H and O–H groups in total. The number of nitrogens with zero attached hydrogens (tertiary/aromatic N) is 5. The van der Waals surface area contributed by atoms with Crippen molar-refractivity contribution in [1.29, 1.82) is 5.26 Å². The third-order valence-corrected chi connectivity index (χ3v) is 5.45. The van der Waals surface area contributed by atoms with Gasteiger partial charge in [0.25, 0.3) is 5.91 Å². The first-order chi connectivity index (χ1) is 15.3. The highest BCUT2D eigenvalue weighted by atomic mass is 32.2. The average molecular weight is 446 g/mol. The largest absolute Gasteiger partial charge is 0.438 e. The maximum atomic E-state index is 12.8. The molecule has 32 heavy (non-hydrogen) atoms. The summed E-state index contributed by atoms with van der Waals surface area (Å²) in [5.41, 5.74) is 1.36. The van der Waals surface area contributed by atoms with E-state index in [4.69, 9.17) is 9.68 Å². The lowest BCUT2D eigenvalue weighted by atomic mass is 10.1. The molecule has 0 saturated heterocycles. The number of hydrogen-bond donors (Lipinski definition) is 1. The van der Waals surface area contributed by atoms with Crippen LogP contribution in [0, 0.1) is 11.3 Å². The van der Waals surface area contributed by atoms with Crippen LogP contribution in [0.1, 0.15) is 16.2 Å². The summed E-state index contributed by atoms with van der Waals surface area (Å²) in [6, 6.07) is 14.3. The highest BCUT2D eigenvalue weighted by molar-refractivity contribution is 7.90. The molecule has 0 aliphatic rings. The van der Waals surface area contributed by atoms with E-state index in [1.807, 2.05) is 6.07 Å². The van der Waals surface area contributed by atoms with E-state index in [-0.39, 0.29) is 33.7 Å². The van der Waals surface area contributed by atoms with Gasteiger partial charge in [-0.3, -0.25) is 4.79 Å². The summed E-state index contributed by atoms with van der Waals surface area (Å²) in [5, 5.41) is 11.6. The predicted molar refractivity (Wildman–Crippen MR) is 113 cm³/mol. The lowest BCUT2D eigenvalue weighted by Crippen LogP contribution is -2.14. The number of carbonyl (C=O) groups is 1. The Bertz CT molecular complexity index is 1460. The molecule has 0 aliphatic heterocycles. The van der Waals surface area contributed by atoms with Crippen molar-refractivity contribution in [2.45, 2.75) is 4.90 Å². The molecule has 0 spiro atoms. The topological polar surface area (TPSA) is 152 Å². The van der Waals surface area contributed by atoms with Gasteiger partial charge in [-0.05, 0) is 30.3 Å². The molecule has 0 bridgehead atoms. The van der Waals surface area contributed by atoms with Crippen LogP contribution < -0.4 is 5.32 Å². The first kappa shape index (κ1) is 20.8. The number of nitrogens with one attached hydrogen (secondary N) is 1. The summed E-state index contributed by atoms with van der Waals surface area (Å²) in [5.74, 6) is -0.247. The van der Waals surface area contributed by atoms with Crippen LogP contribution in [0.4, 0.5) is 5.82 Å². The van der Waals surface area contributed by atoms with Gasteiger partial charge in [0.15, 0.2) is 22.1 Å². The summed E-state index contributed by atoms with van der Waals surface area (Å²) in [6.45, 7) is 0. The second-order valence-electron chi connectivity index (χ2n) is 6.57. The quantitative estimate of drug-likeness (QED) is 0.487. The Morgan fingerprint density at radius 2 is 1.84 bits per heavy atom. The molecule has 11 heteroatoms. The molecule has 0 radical (unpaired) electrons. The van der Waals surface area contributed by atoms with Crippen molar-refractivity contribution in [1.82, 2.24) is 19.9 Å². The zero-order valence-electron chi connectivity index (χ0n) is 16.6. The number of pyridine rings is 1. The molecule has 158 valence electrons. The lowest BCUT2D eigenvalue weighted by Gasteiger charge is -2.06. The van der Waals surface area contributed by atoms with E-state index >= 15 is 0 Å². The Labute approximate surface area is 182 Å². The van der Waals surface area contributed by atoms with Crippen molar-refractivity contribution in [3.8, 4) is 28.8 Å². The number of amides is 1. The lowest BCUT2D eigenvalue weighted by molar-refractivity contribution is 0.0997. The van der Waals surface area contributed by atoms with Gasteiger partial charge < -0.3 is 9.73 Å². The highest BCUT2D eigenvalue weighted by Gasteiger charge is 2.20. The van der Waals surface area contributed by atoms with Gasteiger partial charge in [0.2, 0.25) is 5.76 Å². The Kier molecular flexibility index (Phi) is 5.44. The molecule has 0 saturated carbocycles. The molecule has 3 heterocycles. The summed E-state index contributed by atoms with van der Waals surface area (Å²) in [7, 11) is -3.35. The number of benzene rings is 1. The van der Waals surface area contributed by atoms with Crippen LogP contribution in [0.3, 0.4) is 0 Å². The van der Waals surface area contributed by atoms with Gasteiger partial charge in [-0.2, -0.15) is 5.26 Å². The molecule has 3 aromatic heterocycles. The molecule has 1 aromatic carbocycles. The second kappa shape index (κ2) is 8.37. The Hall–Kier alpha value is -4.43. The predicted octanol–water partition coefficient (Wildman–Crippen LogP) is 2.72. The summed E-state index contributed by atoms with van der Waals surface area (Å²) >= 11 is 0. The maximum absolute atomic E-state index is 12.8. The third-order valence-electron chi connectivity index (χ3n) is 4.32. The van der Waals surface area contributed by atoms with Crippen molar-refractivity contribution in [3.05, 3.63) is 72.6 Å². The first-order valence-corrected chi connectivity index (χ1v) is 11.0. The molecule has 10 nitrogen and oxygen atoms in total. The van der Waals surface area contributed by atoms with E-state index in [1.165, 1.54) is 24.4 Å². The van der Waals surface area contributed by atoms with Crippen LogP contribution in [0.15, 0.2) is 70.4 Å². The number of sulfone groups is 1. The number of nitriles is 1. The van der Waals surface area contributed by atoms with E-state index in [1.54, 1.807) is 30.3 Å². The van der Waals surface area contributed by atoms with Crippen LogP contribution in [0.2, 0.25) is 0 Å². The summed E-state index contributed by atoms with van der Waals surface area (Å²) in [6.07, 6.45) is 3.68. The minimum atomic E-state index is -3.35. The average Bonchev–Trinajstić information content (AvgIpc) is 3.29. The number of anilines is 1. The smallest absolute Gasteiger partial charge is 0.294 e. The molecule has 0 aliphatic carbocycles. The van der Waals surface area contributed by atoms with Gasteiger partial charge in [0.05, 0.1) is 4.90 Å². The minimum absolute atomic E-state index is 0.0677. The van der Waals surface area contributed by atoms with Crippen molar-refractivity contribution >= 4 is 21.6 Å². The number of hydrogen-bond acceptors (Lipinski definition) is 9. The SMILES string of the molecule is CS(=O)(=O)c1ccc(-c2ncoc2C(=O)Nc2ccnc(-c3cccc(C#N)n3)n2)cc1. The van der Waals surface area contributed by atoms with Crippen molar-refractivity contribution in [2.75, 3.05) is 11.6 Å². The van der Waals surface area contributed by atoms with Crippen LogP contribution in [-0.2, 0) is 9.84 Å². The van der Waals surface area contributed by atoms with Gasteiger partial charge in [0, 0.05) is 18.0 Å². The van der Waals surface area contributed by atoms with E-state index < -0.39 is 15.7 Å². The van der Waals surface area contributed by atoms with Crippen LogP contribution in [-0.4, -0.2) is 40.5 Å². The third kappa shape index (κ3) is 4.35. The fraction of sp³-hybridized carbons (Fsp3) is 0.0476. The molecule has 0 atom stereocenters.